The van der Waals surface area contributed by atoms with Crippen molar-refractivity contribution in [1.29, 1.82) is 0 Å². The molecule has 0 aromatic carbocycles. The van der Waals surface area contributed by atoms with Crippen molar-refractivity contribution in [3.05, 3.63) is 0 Å². The highest BCUT2D eigenvalue weighted by Gasteiger charge is 2.33. The summed E-state index contributed by atoms with van der Waals surface area (Å²) in [5, 5.41) is 3.73. The van der Waals surface area contributed by atoms with Gasteiger partial charge in [-0.05, 0) is 25.7 Å². The van der Waals surface area contributed by atoms with Gasteiger partial charge in [0.05, 0.1) is 0 Å². The Labute approximate surface area is 92.8 Å². The van der Waals surface area contributed by atoms with Gasteiger partial charge in [0.2, 0.25) is 0 Å². The normalized spacial score (nSPS) is 41.8. The molecule has 86 valence electrons. The smallest absolute Gasteiger partial charge is 0.0349 e. The van der Waals surface area contributed by atoms with Crippen molar-refractivity contribution >= 4 is 0 Å². The lowest BCUT2D eigenvalue weighted by atomic mass is 10.1. The first-order valence-corrected chi connectivity index (χ1v) is 6.53. The molecule has 3 heterocycles. The van der Waals surface area contributed by atoms with Gasteiger partial charge in [-0.3, -0.25) is 9.80 Å². The van der Waals surface area contributed by atoms with Crippen LogP contribution in [-0.4, -0.2) is 61.2 Å². The molecule has 0 spiro atoms. The molecule has 3 nitrogen and oxygen atoms in total. The van der Waals surface area contributed by atoms with Gasteiger partial charge in [0, 0.05) is 51.4 Å². The van der Waals surface area contributed by atoms with E-state index in [0.29, 0.717) is 0 Å². The van der Waals surface area contributed by atoms with Crippen LogP contribution < -0.4 is 5.32 Å². The molecule has 0 aromatic heterocycles. The van der Waals surface area contributed by atoms with E-state index in [2.05, 4.69) is 22.0 Å². The maximum absolute atomic E-state index is 3.73. The predicted molar refractivity (Wildman–Crippen MR) is 62.0 cm³/mol. The highest BCUT2D eigenvalue weighted by atomic mass is 15.3. The second kappa shape index (κ2) is 4.04. The highest BCUT2D eigenvalue weighted by molar-refractivity contribution is 4.91. The Morgan fingerprint density at radius 1 is 1.20 bits per heavy atom. The van der Waals surface area contributed by atoms with Crippen LogP contribution in [0.5, 0.6) is 0 Å². The summed E-state index contributed by atoms with van der Waals surface area (Å²) in [7, 11) is 0. The number of nitrogens with zero attached hydrogens (tertiary/aromatic N) is 2. The summed E-state index contributed by atoms with van der Waals surface area (Å²) in [6.45, 7) is 10.0. The largest absolute Gasteiger partial charge is 0.312 e. The van der Waals surface area contributed by atoms with Crippen molar-refractivity contribution in [2.45, 2.75) is 31.8 Å². The van der Waals surface area contributed by atoms with Gasteiger partial charge in [0.25, 0.3) is 0 Å². The minimum atomic E-state index is 0.752. The number of hydrogen-bond acceptors (Lipinski definition) is 3. The average molecular weight is 209 g/mol. The fourth-order valence-electron chi connectivity index (χ4n) is 3.00. The monoisotopic (exact) mass is 209 g/mol. The first kappa shape index (κ1) is 10.1. The molecule has 2 bridgehead atoms. The molecule has 4 rings (SSSR count). The molecular formula is C12H23N3. The second-order valence-corrected chi connectivity index (χ2v) is 5.52. The van der Waals surface area contributed by atoms with Crippen LogP contribution in [0.2, 0.25) is 0 Å². The average Bonchev–Trinajstić information content (AvgIpc) is 3.11. The van der Waals surface area contributed by atoms with E-state index in [1.165, 1.54) is 52.1 Å². The van der Waals surface area contributed by atoms with Crippen LogP contribution >= 0.6 is 0 Å². The Bertz CT molecular complexity index is 219. The van der Waals surface area contributed by atoms with Crippen molar-refractivity contribution in [2.24, 2.45) is 5.92 Å². The summed E-state index contributed by atoms with van der Waals surface area (Å²) in [4.78, 5) is 5.29. The SMILES string of the molecule is CC(NCC1CN2CCN1CC2)C1CC1. The maximum atomic E-state index is 3.73. The molecular weight excluding hydrogens is 186 g/mol. The van der Waals surface area contributed by atoms with Gasteiger partial charge in [-0.2, -0.15) is 0 Å². The van der Waals surface area contributed by atoms with E-state index in [4.69, 9.17) is 0 Å². The molecule has 0 radical (unpaired) electrons. The van der Waals surface area contributed by atoms with Crippen LogP contribution in [0.25, 0.3) is 0 Å². The van der Waals surface area contributed by atoms with E-state index < -0.39 is 0 Å². The Morgan fingerprint density at radius 2 is 1.93 bits per heavy atom. The first-order valence-electron chi connectivity index (χ1n) is 6.53. The molecule has 3 heteroatoms. The van der Waals surface area contributed by atoms with Gasteiger partial charge in [-0.15, -0.1) is 0 Å². The van der Waals surface area contributed by atoms with E-state index in [1.807, 2.05) is 0 Å². The molecule has 15 heavy (non-hydrogen) atoms. The molecule has 0 amide bonds. The second-order valence-electron chi connectivity index (χ2n) is 5.52. The van der Waals surface area contributed by atoms with Crippen molar-refractivity contribution in [1.82, 2.24) is 15.1 Å². The lowest BCUT2D eigenvalue weighted by Crippen LogP contribution is -2.63. The van der Waals surface area contributed by atoms with Crippen molar-refractivity contribution in [3.8, 4) is 0 Å². The molecule has 1 aliphatic carbocycles. The fraction of sp³-hybridized carbons (Fsp3) is 1.00. The number of nitrogens with one attached hydrogen (secondary N) is 1. The lowest BCUT2D eigenvalue weighted by Gasteiger charge is -2.47. The molecule has 4 aliphatic rings. The van der Waals surface area contributed by atoms with Gasteiger partial charge in [-0.1, -0.05) is 0 Å². The molecule has 1 N–H and O–H groups in total. The third-order valence-electron chi connectivity index (χ3n) is 4.40. The summed E-state index contributed by atoms with van der Waals surface area (Å²) >= 11 is 0. The third-order valence-corrected chi connectivity index (χ3v) is 4.40. The highest BCUT2D eigenvalue weighted by Crippen LogP contribution is 2.32. The van der Waals surface area contributed by atoms with Gasteiger partial charge in [0.15, 0.2) is 0 Å². The Morgan fingerprint density at radius 3 is 2.47 bits per heavy atom. The van der Waals surface area contributed by atoms with Gasteiger partial charge >= 0.3 is 0 Å². The molecule has 3 saturated heterocycles. The Balaban J connectivity index is 1.46. The minimum absolute atomic E-state index is 0.752. The maximum Gasteiger partial charge on any atom is 0.0349 e. The van der Waals surface area contributed by atoms with Crippen LogP contribution in [0.4, 0.5) is 0 Å². The summed E-state index contributed by atoms with van der Waals surface area (Å²) < 4.78 is 0. The summed E-state index contributed by atoms with van der Waals surface area (Å²) in [6.07, 6.45) is 2.91. The first-order chi connectivity index (χ1) is 7.33. The number of piperazine rings is 3. The summed E-state index contributed by atoms with van der Waals surface area (Å²) in [5.41, 5.74) is 0. The zero-order valence-corrected chi connectivity index (χ0v) is 9.78. The van der Waals surface area contributed by atoms with E-state index >= 15 is 0 Å². The van der Waals surface area contributed by atoms with Crippen LogP contribution in [0.15, 0.2) is 0 Å². The molecule has 4 fully saturated rings. The van der Waals surface area contributed by atoms with E-state index in [-0.39, 0.29) is 0 Å². The van der Waals surface area contributed by atoms with Crippen LogP contribution in [-0.2, 0) is 0 Å². The Hall–Kier alpha value is -0.120. The number of rotatable bonds is 4. The Kier molecular flexibility index (Phi) is 2.71. The van der Waals surface area contributed by atoms with E-state index in [1.54, 1.807) is 0 Å². The molecule has 0 aromatic rings. The minimum Gasteiger partial charge on any atom is -0.312 e. The molecule has 2 unspecified atom stereocenters. The van der Waals surface area contributed by atoms with Crippen molar-refractivity contribution < 1.29 is 0 Å². The van der Waals surface area contributed by atoms with Gasteiger partial charge in [-0.25, -0.2) is 0 Å². The van der Waals surface area contributed by atoms with Crippen LogP contribution in [0.1, 0.15) is 19.8 Å². The molecule has 1 saturated carbocycles. The predicted octanol–water partition coefficient (Wildman–Crippen LogP) is 0.374. The van der Waals surface area contributed by atoms with Gasteiger partial charge in [0.1, 0.15) is 0 Å². The van der Waals surface area contributed by atoms with Crippen LogP contribution in [0, 0.1) is 5.92 Å². The van der Waals surface area contributed by atoms with Gasteiger partial charge < -0.3 is 5.32 Å². The fourth-order valence-corrected chi connectivity index (χ4v) is 3.00. The quantitative estimate of drug-likeness (QED) is 0.722. The zero-order chi connectivity index (χ0) is 10.3. The topological polar surface area (TPSA) is 18.5 Å². The molecule has 2 atom stereocenters. The molecule has 3 aliphatic heterocycles. The lowest BCUT2D eigenvalue weighted by molar-refractivity contribution is 0.0126. The summed E-state index contributed by atoms with van der Waals surface area (Å²) in [6, 6.07) is 1.54. The number of fused-ring (bicyclic) bond motifs is 3. The van der Waals surface area contributed by atoms with Crippen molar-refractivity contribution in [3.63, 3.8) is 0 Å². The summed E-state index contributed by atoms with van der Waals surface area (Å²) in [5.74, 6) is 0.987. The standard InChI is InChI=1S/C12H23N3/c1-10(11-2-3-11)13-8-12-9-14-4-6-15(12)7-5-14/h10-13H,2-9H2,1H3. The third kappa shape index (κ3) is 2.19. The van der Waals surface area contributed by atoms with E-state index in [9.17, 15) is 0 Å². The van der Waals surface area contributed by atoms with E-state index in [0.717, 1.165) is 18.0 Å². The van der Waals surface area contributed by atoms with Crippen LogP contribution in [0.3, 0.4) is 0 Å². The van der Waals surface area contributed by atoms with Crippen molar-refractivity contribution in [2.75, 3.05) is 39.3 Å². The zero-order valence-electron chi connectivity index (χ0n) is 9.78. The number of hydrogen-bond donors (Lipinski definition) is 1.